The minimum absolute atomic E-state index is 0.0727. The molecule has 0 bridgehead atoms. The van der Waals surface area contributed by atoms with Gasteiger partial charge in [-0.25, -0.2) is 9.98 Å². The molecule has 1 atom stereocenters. The summed E-state index contributed by atoms with van der Waals surface area (Å²) >= 11 is 1.84. The highest BCUT2D eigenvalue weighted by atomic mass is 32.1. The van der Waals surface area contributed by atoms with Crippen molar-refractivity contribution in [2.24, 2.45) is 15.9 Å². The monoisotopic (exact) mass is 900 g/mol. The Morgan fingerprint density at radius 3 is 1.75 bits per heavy atom. The maximum Gasteiger partial charge on any atom is 0.162 e. The van der Waals surface area contributed by atoms with E-state index in [2.05, 4.69) is 222 Å². The zero-order valence-corrected chi connectivity index (χ0v) is 38.3. The molecule has 5 nitrogen and oxygen atoms in total. The van der Waals surface area contributed by atoms with Gasteiger partial charge in [0.2, 0.25) is 0 Å². The molecule has 0 saturated carbocycles. The van der Waals surface area contributed by atoms with Crippen LogP contribution in [0.15, 0.2) is 221 Å². The maximum absolute atomic E-state index is 7.15. The van der Waals surface area contributed by atoms with Crippen LogP contribution in [-0.4, -0.2) is 20.7 Å². The molecule has 324 valence electrons. The van der Waals surface area contributed by atoms with Gasteiger partial charge < -0.3 is 8.98 Å². The topological polar surface area (TPSA) is 47.7 Å². The Kier molecular flexibility index (Phi) is 8.21. The molecular weight excluding hydrogens is 861 g/mol. The number of allylic oxidation sites excluding steroid dienone is 1. The van der Waals surface area contributed by atoms with E-state index in [1.807, 2.05) is 11.3 Å². The summed E-state index contributed by atoms with van der Waals surface area (Å²) in [5.74, 6) is 1.56. The third-order valence-corrected chi connectivity index (χ3v) is 15.7. The molecule has 0 spiro atoms. The molecule has 15 rings (SSSR count). The van der Waals surface area contributed by atoms with Crippen LogP contribution in [0.2, 0.25) is 0 Å². The molecule has 0 saturated heterocycles. The van der Waals surface area contributed by atoms with E-state index in [4.69, 9.17) is 14.4 Å². The molecule has 10 aromatic carbocycles. The first kappa shape index (κ1) is 38.5. The standard InChI is InChI=1S/C63H40N4OS/c1-37-26-31-59(67-51-22-10-6-18-43(51)44-19-7-11-23-52(44)67)64-63(65-61(37)42-27-28-46-45-20-9-13-25-57(45)69-58(46)36-42)48-29-30-53(62-60(48)47-21-8-12-24-56(47)68-62)66-54-34-40-16-4-2-14-38(40)32-49(54)50-33-39-15-3-5-17-41(39)35-55(50)66/h2-25,27-37H,26H2,1H3/b59-31-,64-63?,65-61?. The van der Waals surface area contributed by atoms with Crippen molar-refractivity contribution in [3.63, 3.8) is 0 Å². The molecule has 6 heteroatoms. The number of rotatable bonds is 4. The lowest BCUT2D eigenvalue weighted by Gasteiger charge is -2.20. The van der Waals surface area contributed by atoms with Gasteiger partial charge in [-0.1, -0.05) is 140 Å². The number of thiophene rings is 1. The molecule has 14 aromatic rings. The summed E-state index contributed by atoms with van der Waals surface area (Å²) in [4.78, 5) is 11.6. The Labute approximate surface area is 399 Å². The minimum Gasteiger partial charge on any atom is -0.454 e. The number of para-hydroxylation sites is 3. The predicted octanol–water partition coefficient (Wildman–Crippen LogP) is 17.2. The van der Waals surface area contributed by atoms with E-state index in [0.29, 0.717) is 5.84 Å². The molecule has 4 aromatic heterocycles. The summed E-state index contributed by atoms with van der Waals surface area (Å²) in [6, 6.07) is 72.5. The van der Waals surface area contributed by atoms with Crippen molar-refractivity contribution in [1.29, 1.82) is 0 Å². The number of amidine groups is 1. The molecule has 0 N–H and O–H groups in total. The van der Waals surface area contributed by atoms with Crippen molar-refractivity contribution in [2.45, 2.75) is 13.3 Å². The number of fused-ring (bicyclic) bond motifs is 14. The van der Waals surface area contributed by atoms with Gasteiger partial charge in [-0.2, -0.15) is 0 Å². The van der Waals surface area contributed by atoms with E-state index in [0.717, 1.165) is 78.8 Å². The highest BCUT2D eigenvalue weighted by Gasteiger charge is 2.26. The normalized spacial score (nSPS) is 15.6. The summed E-state index contributed by atoms with van der Waals surface area (Å²) in [6.07, 6.45) is 3.08. The lowest BCUT2D eigenvalue weighted by atomic mass is 9.93. The Balaban J connectivity index is 1.03. The highest BCUT2D eigenvalue weighted by Crippen LogP contribution is 2.43. The fraction of sp³-hybridized carbons (Fsp3) is 0.0476. The molecule has 1 unspecified atom stereocenters. The number of benzene rings is 10. The van der Waals surface area contributed by atoms with Crippen molar-refractivity contribution < 1.29 is 4.42 Å². The molecule has 5 heterocycles. The first-order chi connectivity index (χ1) is 34.1. The Morgan fingerprint density at radius 2 is 1.06 bits per heavy atom. The zero-order valence-electron chi connectivity index (χ0n) is 37.5. The second-order valence-electron chi connectivity index (χ2n) is 18.5. The summed E-state index contributed by atoms with van der Waals surface area (Å²) in [7, 11) is 0. The third-order valence-electron chi connectivity index (χ3n) is 14.5. The van der Waals surface area contributed by atoms with Crippen molar-refractivity contribution in [3.05, 3.63) is 217 Å². The van der Waals surface area contributed by atoms with Crippen LogP contribution in [0.4, 0.5) is 0 Å². The lowest BCUT2D eigenvalue weighted by Crippen LogP contribution is -2.18. The first-order valence-corrected chi connectivity index (χ1v) is 24.5. The van der Waals surface area contributed by atoms with Gasteiger partial charge in [0.25, 0.3) is 0 Å². The molecule has 1 aliphatic rings. The van der Waals surface area contributed by atoms with Crippen LogP contribution in [-0.2, 0) is 0 Å². The molecule has 1 aliphatic heterocycles. The molecule has 0 aliphatic carbocycles. The summed E-state index contributed by atoms with van der Waals surface area (Å²) in [5.41, 5.74) is 10.1. The largest absolute Gasteiger partial charge is 0.454 e. The van der Waals surface area contributed by atoms with Crippen molar-refractivity contribution in [1.82, 2.24) is 9.13 Å². The zero-order chi connectivity index (χ0) is 45.3. The van der Waals surface area contributed by atoms with Gasteiger partial charge in [0, 0.05) is 64.0 Å². The Bertz CT molecular complexity index is 4460. The first-order valence-electron chi connectivity index (χ1n) is 23.7. The van der Waals surface area contributed by atoms with Crippen LogP contribution >= 0.6 is 11.3 Å². The van der Waals surface area contributed by atoms with Gasteiger partial charge in [0.15, 0.2) is 11.4 Å². The second-order valence-corrected chi connectivity index (χ2v) is 19.6. The van der Waals surface area contributed by atoms with Crippen LogP contribution < -0.4 is 0 Å². The number of aliphatic imine (C=N–C) groups is 2. The lowest BCUT2D eigenvalue weighted by molar-refractivity contribution is 0.666. The number of nitrogens with zero attached hydrogens (tertiary/aromatic N) is 4. The van der Waals surface area contributed by atoms with Gasteiger partial charge in [-0.05, 0) is 106 Å². The molecule has 69 heavy (non-hydrogen) atoms. The van der Waals surface area contributed by atoms with E-state index < -0.39 is 0 Å². The van der Waals surface area contributed by atoms with Gasteiger partial charge in [-0.15, -0.1) is 11.3 Å². The van der Waals surface area contributed by atoms with Crippen LogP contribution in [0.1, 0.15) is 24.5 Å². The summed E-state index contributed by atoms with van der Waals surface area (Å²) < 4.78 is 14.4. The quantitative estimate of drug-likeness (QED) is 0.174. The van der Waals surface area contributed by atoms with Crippen molar-refractivity contribution in [3.8, 4) is 5.69 Å². The Morgan fingerprint density at radius 1 is 0.478 bits per heavy atom. The Hall–Kier alpha value is -8.58. The van der Waals surface area contributed by atoms with Gasteiger partial charge in [-0.3, -0.25) is 4.57 Å². The molecular formula is C63H40N4OS. The fourth-order valence-corrected chi connectivity index (χ4v) is 12.4. The van der Waals surface area contributed by atoms with E-state index in [1.54, 1.807) is 0 Å². The molecule has 0 amide bonds. The summed E-state index contributed by atoms with van der Waals surface area (Å²) in [5, 5.41) is 14.2. The average Bonchev–Trinajstić information content (AvgIpc) is 4.14. The smallest absolute Gasteiger partial charge is 0.162 e. The van der Waals surface area contributed by atoms with E-state index in [1.165, 1.54) is 63.3 Å². The molecule has 0 fully saturated rings. The van der Waals surface area contributed by atoms with Crippen LogP contribution in [0.3, 0.4) is 0 Å². The van der Waals surface area contributed by atoms with Crippen LogP contribution in [0, 0.1) is 5.92 Å². The van der Waals surface area contributed by atoms with Crippen molar-refractivity contribution >= 4 is 136 Å². The van der Waals surface area contributed by atoms with Gasteiger partial charge in [0.1, 0.15) is 11.4 Å². The average molecular weight is 901 g/mol. The fourth-order valence-electron chi connectivity index (χ4n) is 11.3. The second kappa shape index (κ2) is 14.7. The number of aromatic nitrogens is 2. The van der Waals surface area contributed by atoms with Crippen LogP contribution in [0.25, 0.3) is 119 Å². The van der Waals surface area contributed by atoms with Crippen LogP contribution in [0.5, 0.6) is 0 Å². The summed E-state index contributed by atoms with van der Waals surface area (Å²) in [6.45, 7) is 2.30. The van der Waals surface area contributed by atoms with Gasteiger partial charge in [0.05, 0.1) is 33.5 Å². The molecule has 0 radical (unpaired) electrons. The van der Waals surface area contributed by atoms with E-state index >= 15 is 0 Å². The van der Waals surface area contributed by atoms with Gasteiger partial charge >= 0.3 is 0 Å². The number of furan rings is 1. The predicted molar refractivity (Wildman–Crippen MR) is 293 cm³/mol. The van der Waals surface area contributed by atoms with E-state index in [-0.39, 0.29) is 5.92 Å². The maximum atomic E-state index is 7.15. The highest BCUT2D eigenvalue weighted by molar-refractivity contribution is 7.25. The number of hydrogen-bond acceptors (Lipinski definition) is 4. The SMILES string of the molecule is CC1C/C=C(\n2c3ccccc3c3ccccc32)N=C(c2ccc(-n3c4cc5ccccc5cc4c4cc5ccccc5cc43)c3oc4ccccc4c23)N=C1c1ccc2c(c1)sc1ccccc12. The number of hydrogen-bond donors (Lipinski definition) is 0. The minimum atomic E-state index is 0.0727. The third kappa shape index (κ3) is 5.76. The van der Waals surface area contributed by atoms with E-state index in [9.17, 15) is 0 Å². The van der Waals surface area contributed by atoms with Crippen molar-refractivity contribution in [2.75, 3.05) is 0 Å².